The van der Waals surface area contributed by atoms with E-state index < -0.39 is 6.04 Å². The molecule has 0 unspecified atom stereocenters. The van der Waals surface area contributed by atoms with Crippen molar-refractivity contribution in [3.63, 3.8) is 0 Å². The van der Waals surface area contributed by atoms with Gasteiger partial charge in [0.25, 0.3) is 0 Å². The number of rotatable bonds is 7. The van der Waals surface area contributed by atoms with Crippen molar-refractivity contribution >= 4 is 22.7 Å². The van der Waals surface area contributed by atoms with Crippen LogP contribution in [0.5, 0.6) is 0 Å². The molecule has 190 valence electrons. The van der Waals surface area contributed by atoms with E-state index in [9.17, 15) is 9.59 Å². The standard InChI is InChI=1S/C30H38N4O2/c1-3-20(2)29(35)33-28(22-13-8-5-9-14-22)30(36)34-18-10-15-25(34)24-19-23-16-17-31-26(27(23)32-24)21-11-6-4-7-12-21/h4,6-7,11-12,16-17,19-20,22,25,28,32H,3,5,8-10,13-15,18H2,1-2H3,(H,33,35)/t20-,25+,28+/m1/s1. The number of carbonyl (C=O) groups is 2. The minimum Gasteiger partial charge on any atom is -0.355 e. The summed E-state index contributed by atoms with van der Waals surface area (Å²) in [7, 11) is 0. The molecule has 3 atom stereocenters. The number of hydrogen-bond donors (Lipinski definition) is 2. The SMILES string of the molecule is CC[C@@H](C)C(=O)N[C@H](C(=O)N1CCC[C@H]1c1cc2ccnc(-c3ccccc3)c2[nH]1)C1CCCCC1. The molecule has 1 saturated carbocycles. The average Bonchev–Trinajstić information content (AvgIpc) is 3.59. The lowest BCUT2D eigenvalue weighted by atomic mass is 9.83. The Morgan fingerprint density at radius 2 is 1.86 bits per heavy atom. The van der Waals surface area contributed by atoms with Gasteiger partial charge in [-0.15, -0.1) is 0 Å². The third-order valence-corrected chi connectivity index (χ3v) is 8.25. The maximum Gasteiger partial charge on any atom is 0.245 e. The smallest absolute Gasteiger partial charge is 0.245 e. The second-order valence-electron chi connectivity index (χ2n) is 10.6. The fraction of sp³-hybridized carbons (Fsp3) is 0.500. The summed E-state index contributed by atoms with van der Waals surface area (Å²) in [5.41, 5.74) is 4.06. The number of nitrogens with one attached hydrogen (secondary N) is 2. The van der Waals surface area contributed by atoms with E-state index in [0.717, 1.165) is 79.3 Å². The zero-order valence-corrected chi connectivity index (χ0v) is 21.5. The van der Waals surface area contributed by atoms with Crippen LogP contribution in [0.1, 0.15) is 76.9 Å². The third-order valence-electron chi connectivity index (χ3n) is 8.25. The van der Waals surface area contributed by atoms with E-state index in [2.05, 4.69) is 33.5 Å². The number of carbonyl (C=O) groups excluding carboxylic acids is 2. The molecule has 1 aliphatic carbocycles. The number of fused-ring (bicyclic) bond motifs is 1. The highest BCUT2D eigenvalue weighted by atomic mass is 16.2. The molecule has 1 aromatic carbocycles. The number of pyridine rings is 1. The molecule has 1 aliphatic heterocycles. The van der Waals surface area contributed by atoms with E-state index in [0.29, 0.717) is 0 Å². The van der Waals surface area contributed by atoms with Crippen molar-refractivity contribution in [1.82, 2.24) is 20.2 Å². The zero-order valence-electron chi connectivity index (χ0n) is 21.5. The minimum atomic E-state index is -0.432. The van der Waals surface area contributed by atoms with E-state index in [1.165, 1.54) is 6.42 Å². The van der Waals surface area contributed by atoms with Gasteiger partial charge in [-0.25, -0.2) is 0 Å². The number of aromatic nitrogens is 2. The maximum atomic E-state index is 14.1. The van der Waals surface area contributed by atoms with Crippen molar-refractivity contribution in [2.24, 2.45) is 11.8 Å². The Morgan fingerprint density at radius 1 is 1.08 bits per heavy atom. The first-order chi connectivity index (χ1) is 17.6. The quantitative estimate of drug-likeness (QED) is 0.430. The molecule has 2 aromatic heterocycles. The van der Waals surface area contributed by atoms with Gasteiger partial charge in [0.15, 0.2) is 0 Å². The molecule has 6 heteroatoms. The van der Waals surface area contributed by atoms with Crippen LogP contribution in [0.25, 0.3) is 22.2 Å². The first-order valence-electron chi connectivity index (χ1n) is 13.7. The fourth-order valence-electron chi connectivity index (χ4n) is 5.93. The van der Waals surface area contributed by atoms with Crippen LogP contribution in [0.4, 0.5) is 0 Å². The van der Waals surface area contributed by atoms with Gasteiger partial charge in [0.1, 0.15) is 6.04 Å². The summed E-state index contributed by atoms with van der Waals surface area (Å²) < 4.78 is 0. The highest BCUT2D eigenvalue weighted by Crippen LogP contribution is 2.37. The van der Waals surface area contributed by atoms with Crippen LogP contribution in [0.3, 0.4) is 0 Å². The lowest BCUT2D eigenvalue weighted by Gasteiger charge is -2.35. The van der Waals surface area contributed by atoms with Crippen molar-refractivity contribution in [3.05, 3.63) is 54.4 Å². The average molecular weight is 487 g/mol. The monoisotopic (exact) mass is 486 g/mol. The molecule has 3 aromatic rings. The van der Waals surface area contributed by atoms with Crippen molar-refractivity contribution in [2.45, 2.75) is 77.3 Å². The van der Waals surface area contributed by atoms with Gasteiger partial charge in [0.05, 0.1) is 17.3 Å². The van der Waals surface area contributed by atoms with E-state index >= 15 is 0 Å². The van der Waals surface area contributed by atoms with Gasteiger partial charge in [-0.05, 0) is 50.2 Å². The largest absolute Gasteiger partial charge is 0.355 e. The third kappa shape index (κ3) is 4.91. The van der Waals surface area contributed by atoms with E-state index in [-0.39, 0.29) is 29.7 Å². The number of amides is 2. The molecule has 36 heavy (non-hydrogen) atoms. The Labute approximate surface area is 213 Å². The lowest BCUT2D eigenvalue weighted by molar-refractivity contribution is -0.140. The number of hydrogen-bond acceptors (Lipinski definition) is 3. The second-order valence-corrected chi connectivity index (χ2v) is 10.6. The van der Waals surface area contributed by atoms with Gasteiger partial charge >= 0.3 is 0 Å². The predicted octanol–water partition coefficient (Wildman–Crippen LogP) is 6.00. The number of likely N-dealkylation sites (tertiary alicyclic amines) is 1. The minimum absolute atomic E-state index is 0.00126. The number of H-pyrrole nitrogens is 1. The number of nitrogens with zero attached hydrogens (tertiary/aromatic N) is 2. The molecule has 2 aliphatic rings. The van der Waals surface area contributed by atoms with E-state index in [4.69, 9.17) is 0 Å². The topological polar surface area (TPSA) is 78.1 Å². The van der Waals surface area contributed by atoms with Gasteiger partial charge in [0.2, 0.25) is 11.8 Å². The van der Waals surface area contributed by atoms with Crippen LogP contribution in [0.2, 0.25) is 0 Å². The summed E-state index contributed by atoms with van der Waals surface area (Å²) in [6, 6.07) is 14.0. The summed E-state index contributed by atoms with van der Waals surface area (Å²) >= 11 is 0. The van der Waals surface area contributed by atoms with Crippen LogP contribution in [-0.2, 0) is 9.59 Å². The maximum absolute atomic E-state index is 14.1. The second kappa shape index (κ2) is 10.9. The van der Waals surface area contributed by atoms with Gasteiger partial charge in [-0.2, -0.15) is 0 Å². The molecular weight excluding hydrogens is 448 g/mol. The van der Waals surface area contributed by atoms with Gasteiger partial charge in [-0.1, -0.05) is 63.4 Å². The fourth-order valence-corrected chi connectivity index (χ4v) is 5.93. The molecule has 5 rings (SSSR count). The molecule has 2 fully saturated rings. The zero-order chi connectivity index (χ0) is 25.1. The van der Waals surface area contributed by atoms with Crippen LogP contribution >= 0.6 is 0 Å². The van der Waals surface area contributed by atoms with Crippen LogP contribution < -0.4 is 5.32 Å². The Hall–Kier alpha value is -3.15. The predicted molar refractivity (Wildman–Crippen MR) is 143 cm³/mol. The van der Waals surface area contributed by atoms with Crippen LogP contribution in [0.15, 0.2) is 48.7 Å². The van der Waals surface area contributed by atoms with Crippen molar-refractivity contribution in [2.75, 3.05) is 6.54 Å². The van der Waals surface area contributed by atoms with Crippen molar-refractivity contribution < 1.29 is 9.59 Å². The number of benzene rings is 1. The summed E-state index contributed by atoms with van der Waals surface area (Å²) in [6.45, 7) is 4.69. The Balaban J connectivity index is 1.44. The van der Waals surface area contributed by atoms with Crippen molar-refractivity contribution in [1.29, 1.82) is 0 Å². The molecule has 1 saturated heterocycles. The first kappa shape index (κ1) is 24.5. The summed E-state index contributed by atoms with van der Waals surface area (Å²) in [5, 5.41) is 4.30. The highest BCUT2D eigenvalue weighted by Gasteiger charge is 2.39. The highest BCUT2D eigenvalue weighted by molar-refractivity contribution is 5.93. The van der Waals surface area contributed by atoms with Crippen LogP contribution in [0, 0.1) is 11.8 Å². The van der Waals surface area contributed by atoms with Gasteiger partial charge in [-0.3, -0.25) is 14.6 Å². The number of aromatic amines is 1. The molecule has 0 spiro atoms. The van der Waals surface area contributed by atoms with Gasteiger partial charge < -0.3 is 15.2 Å². The molecule has 6 nitrogen and oxygen atoms in total. The van der Waals surface area contributed by atoms with Gasteiger partial charge in [0, 0.05) is 35.3 Å². The summed E-state index contributed by atoms with van der Waals surface area (Å²) in [5.74, 6) is 0.218. The molecule has 0 bridgehead atoms. The summed E-state index contributed by atoms with van der Waals surface area (Å²) in [4.78, 5) is 37.3. The van der Waals surface area contributed by atoms with Crippen LogP contribution in [-0.4, -0.2) is 39.3 Å². The molecular formula is C30H38N4O2. The Morgan fingerprint density at radius 3 is 2.61 bits per heavy atom. The van der Waals surface area contributed by atoms with Crippen molar-refractivity contribution in [3.8, 4) is 11.3 Å². The molecule has 3 heterocycles. The molecule has 2 N–H and O–H groups in total. The molecule has 0 radical (unpaired) electrons. The summed E-state index contributed by atoms with van der Waals surface area (Å²) in [6.07, 6.45) is 10.0. The van der Waals surface area contributed by atoms with E-state index in [1.54, 1.807) is 0 Å². The Bertz CT molecular complexity index is 1200. The first-order valence-corrected chi connectivity index (χ1v) is 13.7. The Kier molecular flexibility index (Phi) is 7.40. The van der Waals surface area contributed by atoms with E-state index in [1.807, 2.05) is 49.2 Å². The normalized spacial score (nSPS) is 20.4. The lowest BCUT2D eigenvalue weighted by Crippen LogP contribution is -2.53. The molecule has 2 amide bonds.